The van der Waals surface area contributed by atoms with Crippen LogP contribution in [0.3, 0.4) is 0 Å². The van der Waals surface area contributed by atoms with Crippen molar-refractivity contribution >= 4 is 39.8 Å². The molecule has 2 aromatic heterocycles. The van der Waals surface area contributed by atoms with Crippen molar-refractivity contribution in [1.29, 1.82) is 0 Å². The van der Waals surface area contributed by atoms with Crippen LogP contribution in [0, 0.1) is 5.82 Å². The summed E-state index contributed by atoms with van der Waals surface area (Å²) in [6.07, 6.45) is 3.61. The van der Waals surface area contributed by atoms with Gasteiger partial charge in [0.05, 0.1) is 5.75 Å². The molecule has 4 aromatic rings. The lowest BCUT2D eigenvalue weighted by molar-refractivity contribution is 0.391. The maximum Gasteiger partial charge on any atom is 0.237 e. The first-order chi connectivity index (χ1) is 13.7. The summed E-state index contributed by atoms with van der Waals surface area (Å²) in [6, 6.07) is 13.9. The molecule has 0 bridgehead atoms. The van der Waals surface area contributed by atoms with Crippen molar-refractivity contribution in [1.82, 2.24) is 25.3 Å². The van der Waals surface area contributed by atoms with Gasteiger partial charge in [0.15, 0.2) is 0 Å². The molecule has 2 heterocycles. The minimum Gasteiger partial charge on any atom is -0.338 e. The van der Waals surface area contributed by atoms with Crippen LogP contribution in [0.4, 0.5) is 4.39 Å². The van der Waals surface area contributed by atoms with E-state index in [1.165, 1.54) is 23.9 Å². The van der Waals surface area contributed by atoms with Gasteiger partial charge in [-0.05, 0) is 35.9 Å². The second kappa shape index (κ2) is 8.49. The van der Waals surface area contributed by atoms with E-state index in [1.807, 2.05) is 30.3 Å². The van der Waals surface area contributed by atoms with Crippen molar-refractivity contribution in [2.24, 2.45) is 0 Å². The average Bonchev–Trinajstić information content (AvgIpc) is 3.35. The van der Waals surface area contributed by atoms with E-state index < -0.39 is 0 Å². The third-order valence-corrected chi connectivity index (χ3v) is 4.99. The summed E-state index contributed by atoms with van der Waals surface area (Å²) in [6.45, 7) is 0. The predicted molar refractivity (Wildman–Crippen MR) is 109 cm³/mol. The fourth-order valence-electron chi connectivity index (χ4n) is 2.33. The van der Waals surface area contributed by atoms with Crippen LogP contribution in [0.25, 0.3) is 23.5 Å². The standard InChI is InChI=1S/C19H13BrFN5OS/c20-14-3-1-2-13(10-14)18-23-17(27-26-18)11-28-19-22-16(24-25-19)9-6-12-4-7-15(21)8-5-12/h1-10H,11H2,(H,22,24,25)/b9-6+. The van der Waals surface area contributed by atoms with Gasteiger partial charge in [0, 0.05) is 10.0 Å². The van der Waals surface area contributed by atoms with Gasteiger partial charge in [0.1, 0.15) is 11.6 Å². The third kappa shape index (κ3) is 4.73. The molecule has 0 unspecified atom stereocenters. The molecule has 4 rings (SSSR count). The summed E-state index contributed by atoms with van der Waals surface area (Å²) in [7, 11) is 0. The molecule has 0 radical (unpaired) electrons. The fourth-order valence-corrected chi connectivity index (χ4v) is 3.37. The zero-order valence-electron chi connectivity index (χ0n) is 14.3. The van der Waals surface area contributed by atoms with Crippen molar-refractivity contribution in [3.63, 3.8) is 0 Å². The van der Waals surface area contributed by atoms with Gasteiger partial charge in [0.2, 0.25) is 16.9 Å². The Balaban J connectivity index is 1.36. The van der Waals surface area contributed by atoms with Gasteiger partial charge >= 0.3 is 0 Å². The molecule has 9 heteroatoms. The first-order valence-corrected chi connectivity index (χ1v) is 10.0. The Labute approximate surface area is 172 Å². The molecule has 6 nitrogen and oxygen atoms in total. The Hall–Kier alpha value is -2.78. The highest BCUT2D eigenvalue weighted by molar-refractivity contribution is 9.10. The SMILES string of the molecule is Fc1ccc(/C=C/c2nc(SCc3nc(-c4cccc(Br)c4)no3)n[nH]2)cc1. The Morgan fingerprint density at radius 3 is 2.79 bits per heavy atom. The van der Waals surface area contributed by atoms with Gasteiger partial charge in [-0.15, -0.1) is 5.10 Å². The van der Waals surface area contributed by atoms with Gasteiger partial charge in [-0.25, -0.2) is 9.37 Å². The molecule has 140 valence electrons. The number of thioether (sulfide) groups is 1. The Bertz CT molecular complexity index is 1110. The summed E-state index contributed by atoms with van der Waals surface area (Å²) in [5.41, 5.74) is 1.75. The number of nitrogens with zero attached hydrogens (tertiary/aromatic N) is 4. The molecule has 2 aromatic carbocycles. The molecule has 0 amide bonds. The number of halogens is 2. The lowest BCUT2D eigenvalue weighted by Crippen LogP contribution is -1.84. The number of nitrogens with one attached hydrogen (secondary N) is 1. The quantitative estimate of drug-likeness (QED) is 0.399. The van der Waals surface area contributed by atoms with Crippen LogP contribution in [0.15, 0.2) is 62.7 Å². The van der Waals surface area contributed by atoms with Gasteiger partial charge in [-0.1, -0.05) is 63.2 Å². The van der Waals surface area contributed by atoms with Crippen molar-refractivity contribution in [2.45, 2.75) is 10.9 Å². The molecule has 0 saturated carbocycles. The molecule has 0 saturated heterocycles. The van der Waals surface area contributed by atoms with Crippen LogP contribution in [-0.4, -0.2) is 25.3 Å². The van der Waals surface area contributed by atoms with Gasteiger partial charge in [-0.2, -0.15) is 4.98 Å². The van der Waals surface area contributed by atoms with Crippen molar-refractivity contribution in [2.75, 3.05) is 0 Å². The zero-order chi connectivity index (χ0) is 19.3. The van der Waals surface area contributed by atoms with E-state index in [0.29, 0.717) is 28.4 Å². The zero-order valence-corrected chi connectivity index (χ0v) is 16.7. The van der Waals surface area contributed by atoms with Gasteiger partial charge in [-0.3, -0.25) is 5.10 Å². The van der Waals surface area contributed by atoms with Crippen LogP contribution in [0.2, 0.25) is 0 Å². The average molecular weight is 458 g/mol. The van der Waals surface area contributed by atoms with Crippen molar-refractivity contribution < 1.29 is 8.91 Å². The number of aromatic nitrogens is 5. The second-order valence-corrected chi connectivity index (χ2v) is 7.56. The molecule has 0 spiro atoms. The predicted octanol–water partition coefficient (Wildman–Crippen LogP) is 5.22. The first-order valence-electron chi connectivity index (χ1n) is 8.23. The summed E-state index contributed by atoms with van der Waals surface area (Å²) in [5.74, 6) is 1.83. The molecule has 28 heavy (non-hydrogen) atoms. The Morgan fingerprint density at radius 2 is 1.96 bits per heavy atom. The van der Waals surface area contributed by atoms with E-state index in [4.69, 9.17) is 4.52 Å². The molecule has 0 aliphatic rings. The molecular formula is C19H13BrFN5OS. The lowest BCUT2D eigenvalue weighted by atomic mass is 10.2. The van der Waals surface area contributed by atoms with Crippen LogP contribution < -0.4 is 0 Å². The van der Waals surface area contributed by atoms with E-state index in [0.717, 1.165) is 15.6 Å². The molecule has 1 N–H and O–H groups in total. The van der Waals surface area contributed by atoms with E-state index in [2.05, 4.69) is 41.3 Å². The summed E-state index contributed by atoms with van der Waals surface area (Å²) in [4.78, 5) is 8.77. The molecule has 0 atom stereocenters. The second-order valence-electron chi connectivity index (χ2n) is 5.70. The number of benzene rings is 2. The Kier molecular flexibility index (Phi) is 5.63. The normalized spacial score (nSPS) is 11.4. The van der Waals surface area contributed by atoms with Crippen LogP contribution in [-0.2, 0) is 5.75 Å². The smallest absolute Gasteiger partial charge is 0.237 e. The molecule has 0 aliphatic heterocycles. The van der Waals surface area contributed by atoms with E-state index >= 15 is 0 Å². The van der Waals surface area contributed by atoms with Gasteiger partial charge < -0.3 is 4.52 Å². The number of H-pyrrole nitrogens is 1. The maximum absolute atomic E-state index is 12.9. The van der Waals surface area contributed by atoms with Crippen molar-refractivity contribution in [3.05, 3.63) is 76.1 Å². The minimum absolute atomic E-state index is 0.264. The topological polar surface area (TPSA) is 80.5 Å². The van der Waals surface area contributed by atoms with Crippen molar-refractivity contribution in [3.8, 4) is 11.4 Å². The van der Waals surface area contributed by atoms with Crippen LogP contribution in [0.5, 0.6) is 0 Å². The number of hydrogen-bond donors (Lipinski definition) is 1. The lowest BCUT2D eigenvalue weighted by Gasteiger charge is -1.94. The highest BCUT2D eigenvalue weighted by atomic mass is 79.9. The van der Waals surface area contributed by atoms with E-state index in [1.54, 1.807) is 18.2 Å². The minimum atomic E-state index is -0.264. The first kappa shape index (κ1) is 18.6. The summed E-state index contributed by atoms with van der Waals surface area (Å²) in [5, 5.41) is 11.6. The highest BCUT2D eigenvalue weighted by Gasteiger charge is 2.11. The molecular weight excluding hydrogens is 445 g/mol. The number of hydrogen-bond acceptors (Lipinski definition) is 6. The molecule has 0 aliphatic carbocycles. The van der Waals surface area contributed by atoms with Crippen LogP contribution in [0.1, 0.15) is 17.3 Å². The Morgan fingerprint density at radius 1 is 1.11 bits per heavy atom. The summed E-state index contributed by atoms with van der Waals surface area (Å²) >= 11 is 4.82. The fraction of sp³-hybridized carbons (Fsp3) is 0.0526. The molecule has 0 fully saturated rings. The summed E-state index contributed by atoms with van der Waals surface area (Å²) < 4.78 is 19.2. The van der Waals surface area contributed by atoms with E-state index in [-0.39, 0.29) is 5.82 Å². The maximum atomic E-state index is 12.9. The number of aromatic amines is 1. The monoisotopic (exact) mass is 457 g/mol. The van der Waals surface area contributed by atoms with Gasteiger partial charge in [0.25, 0.3) is 0 Å². The van der Waals surface area contributed by atoms with Crippen LogP contribution >= 0.6 is 27.7 Å². The highest BCUT2D eigenvalue weighted by Crippen LogP contribution is 2.23. The largest absolute Gasteiger partial charge is 0.338 e. The number of rotatable bonds is 6. The third-order valence-electron chi connectivity index (χ3n) is 3.66. The van der Waals surface area contributed by atoms with E-state index in [9.17, 15) is 4.39 Å².